The number of thiazole rings is 2. The van der Waals surface area contributed by atoms with Crippen LogP contribution in [0.2, 0.25) is 11.6 Å². The van der Waals surface area contributed by atoms with Crippen molar-refractivity contribution >= 4 is 111 Å². The van der Waals surface area contributed by atoms with Gasteiger partial charge in [-0.05, 0) is 152 Å². The fraction of sp³-hybridized carbons (Fsp3) is 0.408. The fourth-order valence-corrected chi connectivity index (χ4v) is 21.3. The van der Waals surface area contributed by atoms with Crippen LogP contribution in [-0.4, -0.2) is 139 Å². The largest absolute Gasteiger partial charge is 1.00 e. The van der Waals surface area contributed by atoms with Gasteiger partial charge < -0.3 is 69.9 Å². The van der Waals surface area contributed by atoms with Gasteiger partial charge in [0.05, 0.1) is 44.3 Å². The molecule has 32 heteroatoms. The molecule has 4 bridgehead atoms. The summed E-state index contributed by atoms with van der Waals surface area (Å²) in [4.78, 5) is 91.9. The number of anilines is 2. The van der Waals surface area contributed by atoms with Gasteiger partial charge in [0.2, 0.25) is 11.2 Å². The van der Waals surface area contributed by atoms with E-state index in [-0.39, 0.29) is 218 Å². The Labute approximate surface area is 899 Å². The Balaban J connectivity index is 0.000000255. The molecule has 2 saturated heterocycles. The number of para-hydroxylation sites is 2. The van der Waals surface area contributed by atoms with Crippen LogP contribution >= 0.6 is 45.3 Å². The maximum absolute atomic E-state index is 15.4. The van der Waals surface area contributed by atoms with E-state index in [1.165, 1.54) is 36.9 Å². The predicted octanol–water partition coefficient (Wildman–Crippen LogP) is 14.2. The second-order valence-corrected chi connectivity index (χ2v) is 40.6. The number of hydrogen-bond acceptors (Lipinski definition) is 25. The summed E-state index contributed by atoms with van der Waals surface area (Å²) in [5, 5.41) is 25.3. The molecule has 8 fully saturated rings. The molecule has 0 amide bonds. The number of ketones is 2. The van der Waals surface area contributed by atoms with Gasteiger partial charge in [-0.1, -0.05) is 267 Å². The molecule has 3 N–H and O–H groups in total. The van der Waals surface area contributed by atoms with E-state index >= 15 is 9.59 Å². The van der Waals surface area contributed by atoms with Crippen molar-refractivity contribution in [2.45, 2.75) is 192 Å². The third-order valence-electron chi connectivity index (χ3n) is 26.6. The van der Waals surface area contributed by atoms with Crippen molar-refractivity contribution in [3.63, 3.8) is 0 Å². The number of aromatic nitrogens is 2. The Hall–Kier alpha value is -7.30. The van der Waals surface area contributed by atoms with Gasteiger partial charge in [-0.2, -0.15) is 0 Å². The zero-order chi connectivity index (χ0) is 95.3. The van der Waals surface area contributed by atoms with Crippen molar-refractivity contribution in [1.82, 2.24) is 9.97 Å². The fourth-order valence-electron chi connectivity index (χ4n) is 20.0. The van der Waals surface area contributed by atoms with Gasteiger partial charge in [-0.25, -0.2) is 23.9 Å². The number of nitrogens with zero attached hydrogens (tertiary/aromatic N) is 4. The van der Waals surface area contributed by atoms with E-state index < -0.39 is 78.1 Å². The Morgan fingerprint density at radius 1 is 0.541 bits per heavy atom. The molecule has 8 aromatic carbocycles. The van der Waals surface area contributed by atoms with Crippen molar-refractivity contribution in [2.24, 2.45) is 44.8 Å². The minimum atomic E-state index is -1.29. The van der Waals surface area contributed by atoms with Gasteiger partial charge in [0.1, 0.15) is 51.9 Å². The first-order valence-electron chi connectivity index (χ1n) is 44.8. The summed E-state index contributed by atoms with van der Waals surface area (Å²) >= 11 is 4.44. The molecule has 0 spiro atoms. The zero-order valence-electron chi connectivity index (χ0n) is 80.5. The summed E-state index contributed by atoms with van der Waals surface area (Å²) in [6, 6.07) is 69.7. The summed E-state index contributed by atoms with van der Waals surface area (Å²) < 4.78 is 76.0. The number of carbonyl (C=O) groups is 5. The first kappa shape index (κ1) is 108. The molecule has 2 unspecified atom stereocenters. The Kier molecular flexibility index (Phi) is 37.9. The quantitative estimate of drug-likeness (QED) is 0.00444. The topological polar surface area (TPSA) is 298 Å². The van der Waals surface area contributed by atoms with Crippen LogP contribution in [-0.2, 0) is 81.1 Å². The third-order valence-corrected chi connectivity index (χ3v) is 28.4. The number of oxime groups is 2. The van der Waals surface area contributed by atoms with Crippen molar-refractivity contribution < 1.29 is 194 Å². The molecular formula is C103H117B2F2IK2N6O17S2. The number of methoxy groups -OCH3 is 2. The molecular weight excluding hydrogens is 1920 g/mol. The van der Waals surface area contributed by atoms with Crippen LogP contribution in [0.3, 0.4) is 0 Å². The maximum atomic E-state index is 15.4. The molecule has 2 aromatic heterocycles. The van der Waals surface area contributed by atoms with Crippen LogP contribution in [0.4, 0.5) is 19.0 Å². The molecule has 4 heterocycles. The van der Waals surface area contributed by atoms with Crippen LogP contribution < -0.4 is 129 Å². The molecule has 6 aliphatic carbocycles. The van der Waals surface area contributed by atoms with Gasteiger partial charge in [-0.3, -0.25) is 18.8 Å². The van der Waals surface area contributed by atoms with Crippen LogP contribution in [0.1, 0.15) is 200 Å². The van der Waals surface area contributed by atoms with E-state index in [1.807, 2.05) is 258 Å². The van der Waals surface area contributed by atoms with E-state index in [0.717, 1.165) is 59.1 Å². The van der Waals surface area contributed by atoms with Gasteiger partial charge in [-0.15, -0.1) is 22.7 Å². The number of Topliss-reactive ketones (excluding diaryl/α,β-unsaturated/α-hetero) is 2. The van der Waals surface area contributed by atoms with Crippen LogP contribution in [0.5, 0.6) is 11.5 Å². The molecule has 135 heavy (non-hydrogen) atoms. The minimum absolute atomic E-state index is 0. The number of esters is 2. The van der Waals surface area contributed by atoms with E-state index in [4.69, 9.17) is 78.3 Å². The SMILES string of the molecule is COc1c(C[C@H](CC(=O)/C(=N\OC(c2ccccc2)(c2ccccc2)c2ccccc2)c2csc(N)n2)B2OC3C[C@@H]4C[C@@H](C4(C)C)[C@]3(C)O2)cccc1C(=O)OC(C)(C)C.COc1c(C[C@H](CC(=O)/C(=N\OC(c2ccccc2)(c2ccccc2)c2ccccc2)c2csc(NCCF)n2)B2OC3C[C@@H]4C[C@@H](C4(C)C)[C@]3(C)O2)cccc1C(=O)OC(C)(C)C.FCCI.O=CO[O-].[H-].[K+].[K+]. The van der Waals surface area contributed by atoms with Gasteiger partial charge >= 0.3 is 129 Å². The monoisotopic (exact) mass is 2040 g/mol. The van der Waals surface area contributed by atoms with Crippen molar-refractivity contribution in [2.75, 3.05) is 49.6 Å². The number of benzene rings is 8. The van der Waals surface area contributed by atoms with Gasteiger partial charge in [0.25, 0.3) is 6.47 Å². The smallest absolute Gasteiger partial charge is 1.00 e. The number of rotatable bonds is 33. The number of nitrogens with one attached hydrogen (secondary N) is 1. The van der Waals surface area contributed by atoms with Crippen molar-refractivity contribution in [3.05, 3.63) is 296 Å². The summed E-state index contributed by atoms with van der Waals surface area (Å²) in [5.41, 5.74) is 8.77. The average molecular weight is 2040 g/mol. The normalized spacial score (nSPS) is 20.9. The number of nitrogen functional groups attached to an aromatic ring is 1. The number of ether oxygens (including phenoxy) is 4. The molecule has 6 saturated carbocycles. The Morgan fingerprint density at radius 3 is 1.16 bits per heavy atom. The second-order valence-electron chi connectivity index (χ2n) is 37.8. The first-order valence-corrected chi connectivity index (χ1v) is 48.1. The van der Waals surface area contributed by atoms with Crippen LogP contribution in [0, 0.1) is 34.5 Å². The number of alkyl halides is 3. The molecule has 23 nitrogen and oxygen atoms in total. The number of carbonyl (C=O) groups excluding carboxylic acids is 5. The second kappa shape index (κ2) is 47.3. The number of hydrogen-bond donors (Lipinski definition) is 2. The summed E-state index contributed by atoms with van der Waals surface area (Å²) in [5.74, 6) is -0.453. The van der Waals surface area contributed by atoms with E-state index in [9.17, 15) is 18.4 Å². The zero-order valence-corrected chi connectivity index (χ0v) is 89.6. The predicted molar refractivity (Wildman–Crippen MR) is 521 cm³/mol. The first-order chi connectivity index (χ1) is 63.6. The number of nitrogens with two attached hydrogens (primary N) is 1. The Morgan fingerprint density at radius 2 is 0.874 bits per heavy atom. The third kappa shape index (κ3) is 24.3. The van der Waals surface area contributed by atoms with Crippen LogP contribution in [0.25, 0.3) is 0 Å². The standard InChI is InChI=1S/C51H57BFN3O7S.C49H54BN3O7S.C2H4FI.CH2O3.2K.H/c1-48(2,3)60-46(58)39-25-17-18-33(45(39)59-7)28-38(52-61-43-30-37-29-42(49(37,4)5)50(43,6)62-52)31-41(57)44(40-32-64-47(55-40)54-27-26-53)56-63-51(34-19-11-8-12-20-34,35-21-13-9-14-22-35)36-23-15-10-16-24-36;1-46(2,3)57-44(55)37-25-17-18-31(43(37)56-7)26-36(50-58-41-28-35-27-40(47(35,4)5)48(41,6)59-50)29-39(54)42(38-30-61-45(51)52-38)53-60-49(32-19-11-8-12-20-32,33-21-13-9-14-22-33)34-23-15-10-16-24-34;3-1-2-4;2-1-4-3;;;/h8-25,32,37-38,42-43H,26-31H2,1-7H3,(H,54,55);8-25,30,35-36,40-41H,26-29H2,1-7H3,(H2,51,52);1-2H2;1,3H;;;/q;;;;2*+1;-1/p-1/b56-44-;53-42-;;;;;/t37-,38+,42-,43?,50-;35-,36+,40-,41?,48-;;;;;/m00...../s1. The molecule has 2 aliphatic heterocycles. The van der Waals surface area contributed by atoms with E-state index in [2.05, 4.69) is 56.7 Å². The minimum Gasteiger partial charge on any atom is -1.00 e. The molecule has 10 aromatic rings. The Bertz CT molecular complexity index is 5510. The van der Waals surface area contributed by atoms with E-state index in [0.29, 0.717) is 61.2 Å². The summed E-state index contributed by atoms with van der Waals surface area (Å²) in [6.07, 6.45) is 4.01. The maximum Gasteiger partial charge on any atom is 1.00 e. The van der Waals surface area contributed by atoms with Crippen molar-refractivity contribution in [3.8, 4) is 11.5 Å². The van der Waals surface area contributed by atoms with Crippen molar-refractivity contribution in [1.29, 1.82) is 0 Å². The summed E-state index contributed by atoms with van der Waals surface area (Å²) in [6.45, 7) is 23.6. The number of halogens is 3. The van der Waals surface area contributed by atoms with E-state index in [1.54, 1.807) is 35.0 Å². The molecule has 10 atom stereocenters. The summed E-state index contributed by atoms with van der Waals surface area (Å²) in [7, 11) is 1.54. The molecule has 702 valence electrons. The molecule has 0 radical (unpaired) electrons. The van der Waals surface area contributed by atoms with Crippen LogP contribution in [0.15, 0.2) is 239 Å². The average Bonchev–Trinajstić information content (AvgIpc) is 1.36. The molecule has 8 aliphatic rings. The van der Waals surface area contributed by atoms with Gasteiger partial charge in [0, 0.05) is 79.6 Å². The van der Waals surface area contributed by atoms with Gasteiger partial charge in [0.15, 0.2) is 33.3 Å². The molecule has 18 rings (SSSR count).